The van der Waals surface area contributed by atoms with E-state index in [0.717, 1.165) is 21.7 Å². The lowest BCUT2D eigenvalue weighted by atomic mass is 9.98. The van der Waals surface area contributed by atoms with Crippen molar-refractivity contribution in [1.82, 2.24) is 9.80 Å². The molecule has 0 radical (unpaired) electrons. The normalized spacial score (nSPS) is 21.6. The van der Waals surface area contributed by atoms with Crippen molar-refractivity contribution in [3.8, 4) is 0 Å². The number of ketones is 1. The topological polar surface area (TPSA) is 70.1 Å². The molecule has 3 heterocycles. The Morgan fingerprint density at radius 3 is 1.91 bits per heavy atom. The summed E-state index contributed by atoms with van der Waals surface area (Å²) in [6, 6.07) is 24.7. The third-order valence-electron chi connectivity index (χ3n) is 6.00. The molecule has 0 N–H and O–H groups in total. The van der Waals surface area contributed by atoms with Crippen molar-refractivity contribution in [2.24, 2.45) is 4.99 Å². The summed E-state index contributed by atoms with van der Waals surface area (Å²) in [7, 11) is 0. The lowest BCUT2D eigenvalue weighted by Crippen LogP contribution is -2.58. The van der Waals surface area contributed by atoms with E-state index in [1.165, 1.54) is 11.8 Å². The van der Waals surface area contributed by atoms with Crippen LogP contribution in [0.5, 0.6) is 0 Å². The number of nitrogens with zero attached hydrogens (tertiary/aromatic N) is 3. The van der Waals surface area contributed by atoms with Crippen LogP contribution in [0, 0.1) is 0 Å². The van der Waals surface area contributed by atoms with Crippen molar-refractivity contribution in [1.29, 1.82) is 0 Å². The molecule has 3 aromatic carbocycles. The molecule has 3 aliphatic rings. The van der Waals surface area contributed by atoms with Crippen LogP contribution in [0.3, 0.4) is 0 Å². The number of Topliss-reactive ketones (excluding diaryl/α,β-unsaturated/α-hetero) is 1. The molecule has 6 rings (SSSR count). The van der Waals surface area contributed by atoms with E-state index < -0.39 is 24.0 Å². The van der Waals surface area contributed by atoms with Gasteiger partial charge in [0.2, 0.25) is 5.78 Å². The summed E-state index contributed by atoms with van der Waals surface area (Å²) in [4.78, 5) is 48.3. The molecule has 2 unspecified atom stereocenters. The molecule has 0 spiro atoms. The minimum absolute atomic E-state index is 0.313. The van der Waals surface area contributed by atoms with Crippen LogP contribution in [-0.4, -0.2) is 38.7 Å². The summed E-state index contributed by atoms with van der Waals surface area (Å²) >= 11 is 1.39. The first-order valence-corrected chi connectivity index (χ1v) is 11.4. The standard InChI is InChI=1S/C26H17N3O3S/c30-22-21(17-11-5-2-6-12-17)27-26-28(20(15-33-26)16-9-3-1-4-10-16)23(22)29-24(31)18-13-7-8-14-19(18)25(29)32/h1-15,21,23H. The summed E-state index contributed by atoms with van der Waals surface area (Å²) in [6.07, 6.45) is -1.13. The van der Waals surface area contributed by atoms with Gasteiger partial charge in [0.15, 0.2) is 11.3 Å². The molecule has 7 heteroatoms. The minimum Gasteiger partial charge on any atom is -0.292 e. The second-order valence-corrected chi connectivity index (χ2v) is 8.72. The molecular formula is C26H17N3O3S. The van der Waals surface area contributed by atoms with Gasteiger partial charge < -0.3 is 0 Å². The average molecular weight is 452 g/mol. The molecule has 0 saturated carbocycles. The van der Waals surface area contributed by atoms with Crippen LogP contribution in [0.4, 0.5) is 0 Å². The highest BCUT2D eigenvalue weighted by Crippen LogP contribution is 2.43. The third-order valence-corrected chi connectivity index (χ3v) is 6.86. The van der Waals surface area contributed by atoms with E-state index in [4.69, 9.17) is 4.99 Å². The molecule has 3 aliphatic heterocycles. The van der Waals surface area contributed by atoms with E-state index in [9.17, 15) is 14.4 Å². The largest absolute Gasteiger partial charge is 0.292 e. The number of thioether (sulfide) groups is 1. The maximum atomic E-state index is 13.9. The van der Waals surface area contributed by atoms with Gasteiger partial charge in [-0.05, 0) is 23.3 Å². The zero-order chi connectivity index (χ0) is 22.5. The van der Waals surface area contributed by atoms with Crippen LogP contribution in [0.25, 0.3) is 5.70 Å². The number of benzene rings is 3. The van der Waals surface area contributed by atoms with Gasteiger partial charge >= 0.3 is 0 Å². The maximum absolute atomic E-state index is 13.9. The van der Waals surface area contributed by atoms with Crippen LogP contribution in [-0.2, 0) is 4.79 Å². The quantitative estimate of drug-likeness (QED) is 0.554. The second-order valence-electron chi connectivity index (χ2n) is 7.88. The lowest BCUT2D eigenvalue weighted by molar-refractivity contribution is -0.127. The van der Waals surface area contributed by atoms with Crippen LogP contribution < -0.4 is 0 Å². The molecule has 0 aliphatic carbocycles. The summed E-state index contributed by atoms with van der Waals surface area (Å²) in [5, 5.41) is 2.50. The number of carbonyl (C=O) groups is 3. The number of hydrogen-bond acceptors (Lipinski definition) is 6. The van der Waals surface area contributed by atoms with Gasteiger partial charge in [-0.25, -0.2) is 9.89 Å². The summed E-state index contributed by atoms with van der Waals surface area (Å²) < 4.78 is 0. The van der Waals surface area contributed by atoms with Gasteiger partial charge in [-0.2, -0.15) is 0 Å². The summed E-state index contributed by atoms with van der Waals surface area (Å²) in [5.74, 6) is -1.25. The van der Waals surface area contributed by atoms with Crippen molar-refractivity contribution in [3.63, 3.8) is 0 Å². The van der Waals surface area contributed by atoms with E-state index in [2.05, 4.69) is 0 Å². The van der Waals surface area contributed by atoms with E-state index in [1.807, 2.05) is 66.1 Å². The van der Waals surface area contributed by atoms with Gasteiger partial charge in [0.1, 0.15) is 6.04 Å². The van der Waals surface area contributed by atoms with Gasteiger partial charge in [-0.15, -0.1) is 0 Å². The van der Waals surface area contributed by atoms with Gasteiger partial charge in [0.05, 0.1) is 16.8 Å². The number of rotatable bonds is 3. The molecule has 0 aromatic heterocycles. The zero-order valence-corrected chi connectivity index (χ0v) is 18.1. The Hall–Kier alpha value is -3.97. The predicted octanol–water partition coefficient (Wildman–Crippen LogP) is 4.34. The van der Waals surface area contributed by atoms with E-state index in [0.29, 0.717) is 16.3 Å². The SMILES string of the molecule is O=C1C(c2ccccc2)N=C2SC=C(c3ccccc3)N2C1N1C(=O)c2ccccc2C1=O. The molecule has 2 amide bonds. The highest BCUT2D eigenvalue weighted by molar-refractivity contribution is 8.16. The Kier molecular flexibility index (Phi) is 4.52. The molecule has 2 atom stereocenters. The number of amides is 2. The fraction of sp³-hybridized carbons (Fsp3) is 0.0769. The number of carbonyl (C=O) groups excluding carboxylic acids is 3. The monoisotopic (exact) mass is 451 g/mol. The first-order valence-electron chi connectivity index (χ1n) is 10.5. The van der Waals surface area contributed by atoms with Gasteiger partial charge in [0.25, 0.3) is 11.8 Å². The Balaban J connectivity index is 1.51. The predicted molar refractivity (Wildman–Crippen MR) is 126 cm³/mol. The smallest absolute Gasteiger partial charge is 0.263 e. The van der Waals surface area contributed by atoms with Crippen molar-refractivity contribution in [3.05, 3.63) is 113 Å². The molecular weight excluding hydrogens is 434 g/mol. The van der Waals surface area contributed by atoms with Crippen molar-refractivity contribution < 1.29 is 14.4 Å². The number of aliphatic imine (C=N–C) groups is 1. The highest BCUT2D eigenvalue weighted by atomic mass is 32.2. The molecule has 3 aromatic rings. The van der Waals surface area contributed by atoms with Crippen LogP contribution in [0.15, 0.2) is 95.3 Å². The average Bonchev–Trinajstić information content (AvgIpc) is 3.39. The summed E-state index contributed by atoms with van der Waals surface area (Å²) in [6.45, 7) is 0. The zero-order valence-electron chi connectivity index (χ0n) is 17.3. The van der Waals surface area contributed by atoms with Crippen molar-refractivity contribution in [2.45, 2.75) is 12.2 Å². The van der Waals surface area contributed by atoms with Gasteiger partial charge in [-0.1, -0.05) is 84.6 Å². The maximum Gasteiger partial charge on any atom is 0.263 e. The van der Waals surface area contributed by atoms with E-state index >= 15 is 0 Å². The Morgan fingerprint density at radius 2 is 1.27 bits per heavy atom. The molecule has 6 nitrogen and oxygen atoms in total. The Morgan fingerprint density at radius 1 is 0.697 bits per heavy atom. The molecule has 0 saturated heterocycles. The first-order chi connectivity index (χ1) is 16.1. The van der Waals surface area contributed by atoms with Gasteiger partial charge in [-0.3, -0.25) is 19.3 Å². The number of fused-ring (bicyclic) bond motifs is 2. The Labute approximate surface area is 194 Å². The lowest BCUT2D eigenvalue weighted by Gasteiger charge is -2.40. The number of hydrogen-bond donors (Lipinski definition) is 0. The van der Waals surface area contributed by atoms with Crippen molar-refractivity contribution in [2.75, 3.05) is 0 Å². The molecule has 160 valence electrons. The number of imide groups is 1. The van der Waals surface area contributed by atoms with Gasteiger partial charge in [0, 0.05) is 5.41 Å². The fourth-order valence-corrected chi connectivity index (χ4v) is 5.40. The molecule has 0 bridgehead atoms. The van der Waals surface area contributed by atoms with E-state index in [1.54, 1.807) is 29.2 Å². The fourth-order valence-electron chi connectivity index (χ4n) is 4.46. The summed E-state index contributed by atoms with van der Waals surface area (Å²) in [5.41, 5.74) is 2.97. The Bertz CT molecular complexity index is 1330. The highest BCUT2D eigenvalue weighted by Gasteiger charge is 2.52. The first kappa shape index (κ1) is 19.7. The van der Waals surface area contributed by atoms with Crippen LogP contribution >= 0.6 is 11.8 Å². The molecule has 33 heavy (non-hydrogen) atoms. The number of amidine groups is 1. The molecule has 0 fully saturated rings. The third kappa shape index (κ3) is 2.97. The second kappa shape index (κ2) is 7.56. The van der Waals surface area contributed by atoms with Crippen LogP contribution in [0.1, 0.15) is 37.9 Å². The minimum atomic E-state index is -1.13. The van der Waals surface area contributed by atoms with E-state index in [-0.39, 0.29) is 5.78 Å². The van der Waals surface area contributed by atoms with Crippen LogP contribution in [0.2, 0.25) is 0 Å². The van der Waals surface area contributed by atoms with Crippen molar-refractivity contribution >= 4 is 40.2 Å².